The maximum absolute atomic E-state index is 12.8. The Kier molecular flexibility index (Phi) is 3.71. The minimum Gasteiger partial charge on any atom is -0.332 e. The molecule has 0 radical (unpaired) electrons. The van der Waals surface area contributed by atoms with Gasteiger partial charge >= 0.3 is 0 Å². The predicted molar refractivity (Wildman–Crippen MR) is 89.8 cm³/mol. The molecule has 0 spiro atoms. The zero-order valence-corrected chi connectivity index (χ0v) is 14.5. The second kappa shape index (κ2) is 5.74. The Balaban J connectivity index is 1.49. The fraction of sp³-hybridized carbons (Fsp3) is 0.588. The van der Waals surface area contributed by atoms with E-state index in [1.807, 2.05) is 21.9 Å². The van der Waals surface area contributed by atoms with Crippen molar-refractivity contribution in [2.45, 2.75) is 58.0 Å². The van der Waals surface area contributed by atoms with Gasteiger partial charge in [-0.25, -0.2) is 4.98 Å². The molecule has 5 nitrogen and oxygen atoms in total. The van der Waals surface area contributed by atoms with Gasteiger partial charge in [0.05, 0.1) is 23.3 Å². The summed E-state index contributed by atoms with van der Waals surface area (Å²) < 4.78 is 2.03. The number of likely N-dealkylation sites (tertiary alicyclic amines) is 1. The highest BCUT2D eigenvalue weighted by Gasteiger charge is 2.33. The van der Waals surface area contributed by atoms with Crippen LogP contribution in [0.5, 0.6) is 0 Å². The molecule has 23 heavy (non-hydrogen) atoms. The van der Waals surface area contributed by atoms with Crippen molar-refractivity contribution in [1.29, 1.82) is 0 Å². The average Bonchev–Trinajstić information content (AvgIpc) is 2.95. The lowest BCUT2D eigenvalue weighted by molar-refractivity contribution is 0.0715. The Morgan fingerprint density at radius 3 is 2.87 bits per heavy atom. The number of amides is 1. The Labute approximate surface area is 140 Å². The third-order valence-electron chi connectivity index (χ3n) is 4.79. The van der Waals surface area contributed by atoms with E-state index < -0.39 is 0 Å². The van der Waals surface area contributed by atoms with E-state index in [0.717, 1.165) is 42.3 Å². The molecular formula is C17H22N4OS. The molecule has 4 rings (SSSR count). The quantitative estimate of drug-likeness (QED) is 0.865. The summed E-state index contributed by atoms with van der Waals surface area (Å²) in [4.78, 5) is 19.4. The van der Waals surface area contributed by atoms with Crippen LogP contribution in [-0.2, 0) is 6.54 Å². The van der Waals surface area contributed by atoms with Crippen molar-refractivity contribution in [3.05, 3.63) is 33.5 Å². The summed E-state index contributed by atoms with van der Waals surface area (Å²) in [5.74, 6) is 0.711. The van der Waals surface area contributed by atoms with Crippen LogP contribution in [0.4, 0.5) is 0 Å². The molecular weight excluding hydrogens is 308 g/mol. The number of nitrogens with zero attached hydrogens (tertiary/aromatic N) is 4. The molecule has 0 unspecified atom stereocenters. The zero-order chi connectivity index (χ0) is 16.0. The number of hydrogen-bond donors (Lipinski definition) is 0. The number of aryl methyl sites for hydroxylation is 2. The number of rotatable bonds is 4. The summed E-state index contributed by atoms with van der Waals surface area (Å²) >= 11 is 1.64. The molecule has 1 amide bonds. The van der Waals surface area contributed by atoms with E-state index in [0.29, 0.717) is 11.6 Å². The third kappa shape index (κ3) is 2.92. The normalized spacial score (nSPS) is 21.1. The van der Waals surface area contributed by atoms with E-state index in [4.69, 9.17) is 0 Å². The Bertz CT molecular complexity index is 731. The van der Waals surface area contributed by atoms with Gasteiger partial charge in [0.2, 0.25) is 0 Å². The minimum atomic E-state index is 0.0946. The van der Waals surface area contributed by atoms with Crippen LogP contribution in [0.15, 0.2) is 11.4 Å². The van der Waals surface area contributed by atoms with Crippen molar-refractivity contribution >= 4 is 17.2 Å². The van der Waals surface area contributed by atoms with Gasteiger partial charge in [-0.15, -0.1) is 11.3 Å². The molecule has 0 N–H and O–H groups in total. The van der Waals surface area contributed by atoms with Gasteiger partial charge in [-0.05, 0) is 45.6 Å². The van der Waals surface area contributed by atoms with E-state index in [2.05, 4.69) is 23.1 Å². The largest absolute Gasteiger partial charge is 0.332 e. The predicted octanol–water partition coefficient (Wildman–Crippen LogP) is 3.14. The standard InChI is InChI=1S/C17H22N4OS/c1-11-8-12(2)21(19-11)9-14-4-3-7-20(14)17(22)15-10-23-16(18-15)13-5-6-13/h8,10,13-14H,3-7,9H2,1-2H3/t14-/m1/s1. The molecule has 0 aromatic carbocycles. The van der Waals surface area contributed by atoms with E-state index >= 15 is 0 Å². The van der Waals surface area contributed by atoms with Crippen LogP contribution in [0.25, 0.3) is 0 Å². The van der Waals surface area contributed by atoms with Crippen molar-refractivity contribution in [1.82, 2.24) is 19.7 Å². The van der Waals surface area contributed by atoms with E-state index in [1.54, 1.807) is 11.3 Å². The topological polar surface area (TPSA) is 51.0 Å². The fourth-order valence-corrected chi connectivity index (χ4v) is 4.37. The Hall–Kier alpha value is -1.69. The number of hydrogen-bond acceptors (Lipinski definition) is 4. The Morgan fingerprint density at radius 1 is 1.35 bits per heavy atom. The van der Waals surface area contributed by atoms with Crippen molar-refractivity contribution in [3.63, 3.8) is 0 Å². The first-order valence-electron chi connectivity index (χ1n) is 8.39. The maximum Gasteiger partial charge on any atom is 0.273 e. The lowest BCUT2D eigenvalue weighted by Crippen LogP contribution is -2.38. The zero-order valence-electron chi connectivity index (χ0n) is 13.7. The summed E-state index contributed by atoms with van der Waals surface area (Å²) in [6, 6.07) is 2.32. The molecule has 1 saturated heterocycles. The SMILES string of the molecule is Cc1cc(C)n(C[C@H]2CCCN2C(=O)c2csc(C3CC3)n2)n1. The molecule has 1 aliphatic heterocycles. The van der Waals surface area contributed by atoms with E-state index in [-0.39, 0.29) is 11.9 Å². The number of aromatic nitrogens is 3. The minimum absolute atomic E-state index is 0.0946. The van der Waals surface area contributed by atoms with Gasteiger partial charge in [0.25, 0.3) is 5.91 Å². The summed E-state index contributed by atoms with van der Waals surface area (Å²) in [6.07, 6.45) is 4.57. The molecule has 6 heteroatoms. The lowest BCUT2D eigenvalue weighted by Gasteiger charge is -2.24. The Morgan fingerprint density at radius 2 is 2.17 bits per heavy atom. The molecule has 1 aliphatic carbocycles. The smallest absolute Gasteiger partial charge is 0.273 e. The molecule has 2 aromatic heterocycles. The molecule has 1 atom stereocenters. The highest BCUT2D eigenvalue weighted by molar-refractivity contribution is 7.10. The molecule has 1 saturated carbocycles. The maximum atomic E-state index is 12.8. The third-order valence-corrected chi connectivity index (χ3v) is 5.80. The number of carbonyl (C=O) groups excluding carboxylic acids is 1. The second-order valence-corrected chi connectivity index (χ2v) is 7.64. The van der Waals surface area contributed by atoms with Gasteiger partial charge in [0, 0.05) is 23.5 Å². The summed E-state index contributed by atoms with van der Waals surface area (Å²) in [5, 5.41) is 7.62. The molecule has 2 aromatic rings. The molecule has 0 bridgehead atoms. The fourth-order valence-electron chi connectivity index (χ4n) is 3.40. The summed E-state index contributed by atoms with van der Waals surface area (Å²) in [6.45, 7) is 5.70. The van der Waals surface area contributed by atoms with Crippen LogP contribution in [0.2, 0.25) is 0 Å². The number of carbonyl (C=O) groups is 1. The van der Waals surface area contributed by atoms with E-state index in [9.17, 15) is 4.79 Å². The first-order chi connectivity index (χ1) is 11.1. The van der Waals surface area contributed by atoms with Gasteiger partial charge in [0.15, 0.2) is 0 Å². The van der Waals surface area contributed by atoms with Crippen LogP contribution >= 0.6 is 11.3 Å². The van der Waals surface area contributed by atoms with Crippen molar-refractivity contribution in [3.8, 4) is 0 Å². The molecule has 3 heterocycles. The average molecular weight is 330 g/mol. The van der Waals surface area contributed by atoms with Gasteiger partial charge in [-0.3, -0.25) is 9.48 Å². The number of thiazole rings is 1. The van der Waals surface area contributed by atoms with Gasteiger partial charge < -0.3 is 4.90 Å². The van der Waals surface area contributed by atoms with Gasteiger partial charge in [-0.2, -0.15) is 5.10 Å². The molecule has 2 aliphatic rings. The second-order valence-electron chi connectivity index (χ2n) is 6.75. The van der Waals surface area contributed by atoms with Crippen LogP contribution in [0, 0.1) is 13.8 Å². The van der Waals surface area contributed by atoms with E-state index in [1.165, 1.54) is 12.8 Å². The van der Waals surface area contributed by atoms with Crippen molar-refractivity contribution in [2.24, 2.45) is 0 Å². The highest BCUT2D eigenvalue weighted by atomic mass is 32.1. The van der Waals surface area contributed by atoms with Crippen LogP contribution in [0.1, 0.15) is 58.5 Å². The van der Waals surface area contributed by atoms with Crippen molar-refractivity contribution in [2.75, 3.05) is 6.54 Å². The summed E-state index contributed by atoms with van der Waals surface area (Å²) in [5.41, 5.74) is 2.83. The molecule has 122 valence electrons. The summed E-state index contributed by atoms with van der Waals surface area (Å²) in [7, 11) is 0. The van der Waals surface area contributed by atoms with Crippen molar-refractivity contribution < 1.29 is 4.79 Å². The van der Waals surface area contributed by atoms with Gasteiger partial charge in [0.1, 0.15) is 5.69 Å². The monoisotopic (exact) mass is 330 g/mol. The van der Waals surface area contributed by atoms with Crippen LogP contribution in [-0.4, -0.2) is 38.2 Å². The highest BCUT2D eigenvalue weighted by Crippen LogP contribution is 2.41. The first-order valence-corrected chi connectivity index (χ1v) is 9.27. The lowest BCUT2D eigenvalue weighted by atomic mass is 10.2. The van der Waals surface area contributed by atoms with Gasteiger partial charge in [-0.1, -0.05) is 0 Å². The first kappa shape index (κ1) is 14.9. The van der Waals surface area contributed by atoms with Crippen LogP contribution in [0.3, 0.4) is 0 Å². The molecule has 2 fully saturated rings. The van der Waals surface area contributed by atoms with Crippen LogP contribution < -0.4 is 0 Å².